The molecule has 0 heterocycles. The Morgan fingerprint density at radius 2 is 1.94 bits per heavy atom. The van der Waals surface area contributed by atoms with Gasteiger partial charge < -0.3 is 10.5 Å². The summed E-state index contributed by atoms with van der Waals surface area (Å²) < 4.78 is 29.7. The maximum Gasteiger partial charge on any atom is 0.178 e. The highest BCUT2D eigenvalue weighted by atomic mass is 32.2. The first-order chi connectivity index (χ1) is 8.18. The van der Waals surface area contributed by atoms with Gasteiger partial charge in [0, 0.05) is 12.8 Å². The second-order valence-electron chi connectivity index (χ2n) is 5.06. The van der Waals surface area contributed by atoms with E-state index < -0.39 is 15.4 Å². The number of ether oxygens (including phenoxy) is 1. The van der Waals surface area contributed by atoms with Crippen molar-refractivity contribution in [2.45, 2.75) is 37.7 Å². The van der Waals surface area contributed by atoms with Crippen molar-refractivity contribution in [3.8, 4) is 0 Å². The quantitative estimate of drug-likeness (QED) is 0.833. The fraction of sp³-hybridized carbons (Fsp3) is 0.538. The Hall–Kier alpha value is -1.07. The number of aryl methyl sites for hydroxylation is 1. The van der Waals surface area contributed by atoms with Gasteiger partial charge in [-0.05, 0) is 51.0 Å². The summed E-state index contributed by atoms with van der Waals surface area (Å²) in [4.78, 5) is 0.351. The van der Waals surface area contributed by atoms with Gasteiger partial charge in [0.05, 0.1) is 16.2 Å². The number of hydrogen-bond donors (Lipinski definition) is 1. The summed E-state index contributed by atoms with van der Waals surface area (Å²) in [6.07, 6.45) is 0.454. The van der Waals surface area contributed by atoms with Gasteiger partial charge in [0.2, 0.25) is 0 Å². The van der Waals surface area contributed by atoms with Crippen molar-refractivity contribution in [2.75, 3.05) is 18.6 Å². The summed E-state index contributed by atoms with van der Waals surface area (Å²) in [5.41, 5.74) is 6.44. The third kappa shape index (κ3) is 3.71. The predicted octanol–water partition coefficient (Wildman–Crippen LogP) is 2.17. The highest BCUT2D eigenvalue weighted by Crippen LogP contribution is 2.22. The van der Waals surface area contributed by atoms with Gasteiger partial charge in [-0.1, -0.05) is 0 Å². The maximum atomic E-state index is 12.2. The van der Waals surface area contributed by atoms with Gasteiger partial charge in [-0.15, -0.1) is 0 Å². The number of benzene rings is 1. The molecule has 0 bridgehead atoms. The number of methoxy groups -OCH3 is 1. The lowest BCUT2D eigenvalue weighted by molar-refractivity contribution is 0.0203. The molecule has 0 spiro atoms. The van der Waals surface area contributed by atoms with E-state index in [0.717, 1.165) is 0 Å². The van der Waals surface area contributed by atoms with Crippen LogP contribution in [0.2, 0.25) is 0 Å². The van der Waals surface area contributed by atoms with Crippen LogP contribution in [0.3, 0.4) is 0 Å². The van der Waals surface area contributed by atoms with Crippen LogP contribution in [-0.2, 0) is 14.6 Å². The average molecular weight is 271 g/mol. The molecule has 0 aromatic heterocycles. The van der Waals surface area contributed by atoms with Crippen LogP contribution in [-0.4, -0.2) is 26.9 Å². The average Bonchev–Trinajstić information content (AvgIpc) is 2.26. The Bertz CT molecular complexity index is 521. The number of nitrogens with two attached hydrogens (primary N) is 1. The standard InChI is InChI=1S/C13H21NO3S/c1-10-9-11(14)5-6-12(10)18(15,16)8-7-13(2,3)17-4/h5-6,9H,7-8,14H2,1-4H3. The smallest absolute Gasteiger partial charge is 0.178 e. The number of sulfone groups is 1. The lowest BCUT2D eigenvalue weighted by Gasteiger charge is -2.22. The zero-order valence-corrected chi connectivity index (χ0v) is 12.2. The molecule has 4 nitrogen and oxygen atoms in total. The Labute approximate surface area is 109 Å². The van der Waals surface area contributed by atoms with E-state index in [1.807, 2.05) is 13.8 Å². The van der Waals surface area contributed by atoms with Gasteiger partial charge in [0.1, 0.15) is 0 Å². The summed E-state index contributed by atoms with van der Waals surface area (Å²) in [6.45, 7) is 5.50. The monoisotopic (exact) mass is 271 g/mol. The third-order valence-corrected chi connectivity index (χ3v) is 4.93. The summed E-state index contributed by atoms with van der Waals surface area (Å²) in [7, 11) is -1.70. The summed E-state index contributed by atoms with van der Waals surface area (Å²) in [6, 6.07) is 4.86. The second-order valence-corrected chi connectivity index (χ2v) is 7.14. The Kier molecular flexibility index (Phi) is 4.40. The number of rotatable bonds is 5. The topological polar surface area (TPSA) is 69.4 Å². The molecule has 1 aromatic rings. The van der Waals surface area contributed by atoms with Crippen molar-refractivity contribution in [1.29, 1.82) is 0 Å². The van der Waals surface area contributed by atoms with Crippen LogP contribution in [0, 0.1) is 6.92 Å². The largest absolute Gasteiger partial charge is 0.399 e. The van der Waals surface area contributed by atoms with Gasteiger partial charge in [-0.3, -0.25) is 0 Å². The van der Waals surface area contributed by atoms with Crippen LogP contribution in [0.5, 0.6) is 0 Å². The number of hydrogen-bond acceptors (Lipinski definition) is 4. The first kappa shape index (κ1) is 15.0. The number of nitrogen functional groups attached to an aromatic ring is 1. The van der Waals surface area contributed by atoms with Gasteiger partial charge in [0.25, 0.3) is 0 Å². The van der Waals surface area contributed by atoms with Crippen molar-refractivity contribution in [3.05, 3.63) is 23.8 Å². The van der Waals surface area contributed by atoms with E-state index in [-0.39, 0.29) is 5.75 Å². The molecule has 102 valence electrons. The zero-order chi connectivity index (χ0) is 14.0. The molecule has 1 rings (SSSR count). The number of anilines is 1. The minimum absolute atomic E-state index is 0.0681. The summed E-state index contributed by atoms with van der Waals surface area (Å²) in [5, 5.41) is 0. The first-order valence-electron chi connectivity index (χ1n) is 5.82. The molecule has 0 aliphatic carbocycles. The minimum Gasteiger partial charge on any atom is -0.399 e. The van der Waals surface area contributed by atoms with E-state index in [1.54, 1.807) is 32.2 Å². The molecule has 0 radical (unpaired) electrons. The van der Waals surface area contributed by atoms with E-state index in [1.165, 1.54) is 0 Å². The van der Waals surface area contributed by atoms with Gasteiger partial charge in [0.15, 0.2) is 9.84 Å². The first-order valence-corrected chi connectivity index (χ1v) is 7.47. The van der Waals surface area contributed by atoms with Crippen molar-refractivity contribution >= 4 is 15.5 Å². The molecule has 2 N–H and O–H groups in total. The Balaban J connectivity index is 2.94. The molecule has 0 aliphatic heterocycles. The molecule has 0 unspecified atom stereocenters. The molecule has 1 aromatic carbocycles. The van der Waals surface area contributed by atoms with Crippen LogP contribution in [0.4, 0.5) is 5.69 Å². The van der Waals surface area contributed by atoms with E-state index in [9.17, 15) is 8.42 Å². The van der Waals surface area contributed by atoms with Gasteiger partial charge >= 0.3 is 0 Å². The second kappa shape index (κ2) is 5.28. The van der Waals surface area contributed by atoms with Crippen LogP contribution in [0.1, 0.15) is 25.8 Å². The fourth-order valence-electron chi connectivity index (χ4n) is 1.61. The van der Waals surface area contributed by atoms with Crippen LogP contribution in [0.25, 0.3) is 0 Å². The van der Waals surface area contributed by atoms with Crippen molar-refractivity contribution < 1.29 is 13.2 Å². The molecule has 0 saturated carbocycles. The fourth-order valence-corrected chi connectivity index (χ4v) is 3.42. The Morgan fingerprint density at radius 3 is 2.44 bits per heavy atom. The van der Waals surface area contributed by atoms with Crippen molar-refractivity contribution in [2.24, 2.45) is 0 Å². The van der Waals surface area contributed by atoms with Crippen molar-refractivity contribution in [1.82, 2.24) is 0 Å². The van der Waals surface area contributed by atoms with Crippen LogP contribution >= 0.6 is 0 Å². The van der Waals surface area contributed by atoms with E-state index in [2.05, 4.69) is 0 Å². The molecule has 18 heavy (non-hydrogen) atoms. The molecule has 0 saturated heterocycles. The van der Waals surface area contributed by atoms with Gasteiger partial charge in [-0.2, -0.15) is 0 Å². The normalized spacial score (nSPS) is 12.7. The molecule has 0 fully saturated rings. The van der Waals surface area contributed by atoms with E-state index >= 15 is 0 Å². The SMILES string of the molecule is COC(C)(C)CCS(=O)(=O)c1ccc(N)cc1C. The molecular formula is C13H21NO3S. The van der Waals surface area contributed by atoms with E-state index in [4.69, 9.17) is 10.5 Å². The minimum atomic E-state index is -3.29. The summed E-state index contributed by atoms with van der Waals surface area (Å²) >= 11 is 0. The zero-order valence-electron chi connectivity index (χ0n) is 11.4. The lowest BCUT2D eigenvalue weighted by Crippen LogP contribution is -2.26. The molecule has 0 atom stereocenters. The lowest BCUT2D eigenvalue weighted by atomic mass is 10.1. The third-order valence-electron chi connectivity index (χ3n) is 3.06. The highest BCUT2D eigenvalue weighted by Gasteiger charge is 2.23. The predicted molar refractivity (Wildman–Crippen MR) is 73.3 cm³/mol. The Morgan fingerprint density at radius 1 is 1.33 bits per heavy atom. The molecule has 5 heteroatoms. The molecular weight excluding hydrogens is 250 g/mol. The van der Waals surface area contributed by atoms with Gasteiger partial charge in [-0.25, -0.2) is 8.42 Å². The highest BCUT2D eigenvalue weighted by molar-refractivity contribution is 7.91. The molecule has 0 amide bonds. The van der Waals surface area contributed by atoms with Crippen LogP contribution < -0.4 is 5.73 Å². The maximum absolute atomic E-state index is 12.2. The summed E-state index contributed by atoms with van der Waals surface area (Å²) in [5.74, 6) is 0.0681. The van der Waals surface area contributed by atoms with Crippen molar-refractivity contribution in [3.63, 3.8) is 0 Å². The van der Waals surface area contributed by atoms with Crippen LogP contribution in [0.15, 0.2) is 23.1 Å². The van der Waals surface area contributed by atoms with E-state index in [0.29, 0.717) is 22.6 Å². The molecule has 0 aliphatic rings.